The molecule has 1 aromatic heterocycles. The van der Waals surface area contributed by atoms with Gasteiger partial charge in [-0.1, -0.05) is 60.1 Å². The molecule has 5 rings (SSSR count). The summed E-state index contributed by atoms with van der Waals surface area (Å²) >= 11 is 6.50. The molecule has 0 saturated carbocycles. The lowest BCUT2D eigenvalue weighted by atomic mass is 9.92. The topological polar surface area (TPSA) is 90.7 Å². The molecule has 232 valence electrons. The van der Waals surface area contributed by atoms with Gasteiger partial charge in [-0.2, -0.15) is 5.26 Å². The van der Waals surface area contributed by atoms with E-state index in [2.05, 4.69) is 49.2 Å². The predicted molar refractivity (Wildman–Crippen MR) is 177 cm³/mol. The quantitative estimate of drug-likeness (QED) is 0.120. The molecule has 46 heavy (non-hydrogen) atoms. The van der Waals surface area contributed by atoms with E-state index in [1.807, 2.05) is 36.4 Å². The molecule has 7 nitrogen and oxygen atoms in total. The van der Waals surface area contributed by atoms with E-state index in [9.17, 15) is 4.79 Å². The van der Waals surface area contributed by atoms with Crippen LogP contribution in [0.2, 0.25) is 5.02 Å². The third-order valence-electron chi connectivity index (χ3n) is 7.76. The molecule has 0 fully saturated rings. The highest BCUT2D eigenvalue weighted by atomic mass is 35.5. The smallest absolute Gasteiger partial charge is 0.153 e. The molecule has 5 aromatic rings. The second-order valence-electron chi connectivity index (χ2n) is 10.7. The highest BCUT2D eigenvalue weighted by Crippen LogP contribution is 2.35. The lowest BCUT2D eigenvalue weighted by molar-refractivity contribution is 0.107. The maximum absolute atomic E-state index is 11.7. The number of ether oxygens (including phenoxy) is 4. The Kier molecular flexibility index (Phi) is 10.7. The molecule has 0 aliphatic rings. The predicted octanol–water partition coefficient (Wildman–Crippen LogP) is 8.59. The maximum Gasteiger partial charge on any atom is 0.153 e. The second-order valence-corrected chi connectivity index (χ2v) is 11.1. The highest BCUT2D eigenvalue weighted by Gasteiger charge is 2.15. The van der Waals surface area contributed by atoms with Crippen LogP contribution < -0.4 is 14.2 Å². The van der Waals surface area contributed by atoms with Crippen LogP contribution in [-0.2, 0) is 31.2 Å². The second kappa shape index (κ2) is 15.2. The van der Waals surface area contributed by atoms with Crippen molar-refractivity contribution in [1.29, 1.82) is 5.26 Å². The van der Waals surface area contributed by atoms with Crippen LogP contribution in [0.5, 0.6) is 17.2 Å². The molecule has 0 bridgehead atoms. The number of carbonyl (C=O) groups excluding carboxylic acids is 1. The monoisotopic (exact) mass is 632 g/mol. The van der Waals surface area contributed by atoms with Crippen LogP contribution in [0.15, 0.2) is 91.3 Å². The van der Waals surface area contributed by atoms with Gasteiger partial charge < -0.3 is 18.9 Å². The van der Waals surface area contributed by atoms with Crippen LogP contribution in [0.3, 0.4) is 0 Å². The van der Waals surface area contributed by atoms with Gasteiger partial charge in [0.25, 0.3) is 0 Å². The third-order valence-corrected chi connectivity index (χ3v) is 8.06. The Bertz CT molecular complexity index is 1880. The van der Waals surface area contributed by atoms with Gasteiger partial charge in [-0.15, -0.1) is 0 Å². The van der Waals surface area contributed by atoms with E-state index in [-0.39, 0.29) is 13.2 Å². The fourth-order valence-corrected chi connectivity index (χ4v) is 5.31. The molecule has 8 heteroatoms. The Hall–Kier alpha value is -5.16. The van der Waals surface area contributed by atoms with Crippen molar-refractivity contribution in [3.05, 3.63) is 141 Å². The van der Waals surface area contributed by atoms with Gasteiger partial charge >= 0.3 is 0 Å². The third kappa shape index (κ3) is 7.73. The summed E-state index contributed by atoms with van der Waals surface area (Å²) in [6.45, 7) is 5.58. The van der Waals surface area contributed by atoms with Crippen molar-refractivity contribution >= 4 is 17.9 Å². The molecule has 0 amide bonds. The molecule has 0 aliphatic carbocycles. The van der Waals surface area contributed by atoms with Crippen LogP contribution in [0, 0.1) is 25.2 Å². The number of nitriles is 1. The summed E-state index contributed by atoms with van der Waals surface area (Å²) in [6, 6.07) is 27.2. The number of aromatic nitrogens is 1. The van der Waals surface area contributed by atoms with E-state index >= 15 is 0 Å². The average molecular weight is 633 g/mol. The van der Waals surface area contributed by atoms with E-state index in [0.717, 1.165) is 44.7 Å². The summed E-state index contributed by atoms with van der Waals surface area (Å²) < 4.78 is 23.4. The first-order valence-corrected chi connectivity index (χ1v) is 15.0. The van der Waals surface area contributed by atoms with E-state index < -0.39 is 0 Å². The Morgan fingerprint density at radius 2 is 1.46 bits per heavy atom. The zero-order valence-electron chi connectivity index (χ0n) is 25.9. The summed E-state index contributed by atoms with van der Waals surface area (Å²) in [5.41, 5.74) is 9.10. The molecular formula is C38H33ClN2O5. The number of halogens is 1. The lowest BCUT2D eigenvalue weighted by Crippen LogP contribution is -2.03. The first-order valence-electron chi connectivity index (χ1n) is 14.7. The van der Waals surface area contributed by atoms with Crippen LogP contribution in [0.4, 0.5) is 0 Å². The van der Waals surface area contributed by atoms with Gasteiger partial charge in [-0.3, -0.25) is 9.78 Å². The molecule has 0 radical (unpaired) electrons. The normalized spacial score (nSPS) is 10.7. The number of carbonyl (C=O) groups is 1. The number of methoxy groups -OCH3 is 1. The number of pyridine rings is 1. The number of aldehydes is 1. The Morgan fingerprint density at radius 1 is 0.783 bits per heavy atom. The summed E-state index contributed by atoms with van der Waals surface area (Å²) in [6.07, 6.45) is 3.77. The minimum Gasteiger partial charge on any atom is -0.497 e. The zero-order chi connectivity index (χ0) is 32.5. The average Bonchev–Trinajstić information content (AvgIpc) is 3.08. The van der Waals surface area contributed by atoms with E-state index in [4.69, 9.17) is 35.8 Å². The highest BCUT2D eigenvalue weighted by molar-refractivity contribution is 6.32. The number of benzene rings is 4. The van der Waals surface area contributed by atoms with Crippen LogP contribution in [0.25, 0.3) is 11.1 Å². The van der Waals surface area contributed by atoms with Crippen LogP contribution in [0.1, 0.15) is 49.3 Å². The number of hydrogen-bond donors (Lipinski definition) is 0. The first-order chi connectivity index (χ1) is 22.4. The first kappa shape index (κ1) is 32.2. The van der Waals surface area contributed by atoms with Crippen molar-refractivity contribution in [3.8, 4) is 34.4 Å². The van der Waals surface area contributed by atoms with E-state index in [1.54, 1.807) is 25.4 Å². The molecule has 1 heterocycles. The summed E-state index contributed by atoms with van der Waals surface area (Å²) in [5, 5.41) is 9.44. The maximum atomic E-state index is 11.7. The van der Waals surface area contributed by atoms with E-state index in [0.29, 0.717) is 52.7 Å². The van der Waals surface area contributed by atoms with Gasteiger partial charge in [-0.25, -0.2) is 0 Å². The standard InChI is InChI=1S/C38H33ClN2O5/c1-25-30(23-44-21-27-10-12-33(43-3)13-11-27)6-4-8-34(25)35-9-5-7-31(26(35)2)24-46-38-16-37(32(20-42)15-36(38)39)45-22-29-14-28(17-40)18-41-19-29/h4-16,18-20H,21-24H2,1-3H3. The van der Waals surface area contributed by atoms with Crippen molar-refractivity contribution in [3.63, 3.8) is 0 Å². The Balaban J connectivity index is 1.29. The molecule has 0 atom stereocenters. The fourth-order valence-electron chi connectivity index (χ4n) is 5.09. The van der Waals surface area contributed by atoms with Gasteiger partial charge in [0.05, 0.1) is 36.5 Å². The van der Waals surface area contributed by atoms with Crippen molar-refractivity contribution < 1.29 is 23.7 Å². The van der Waals surface area contributed by atoms with Gasteiger partial charge in [0.1, 0.15) is 36.5 Å². The SMILES string of the molecule is COc1ccc(COCc2cccc(-c3cccc(COc4cc(OCc5cncc(C#N)c5)c(C=O)cc4Cl)c3C)c2C)cc1. The van der Waals surface area contributed by atoms with Gasteiger partial charge in [0.2, 0.25) is 0 Å². The Labute approximate surface area is 273 Å². The number of hydrogen-bond acceptors (Lipinski definition) is 7. The van der Waals surface area contributed by atoms with Crippen molar-refractivity contribution in [1.82, 2.24) is 4.98 Å². The number of rotatable bonds is 13. The lowest BCUT2D eigenvalue weighted by Gasteiger charge is -2.17. The molecule has 4 aromatic carbocycles. The van der Waals surface area contributed by atoms with Crippen LogP contribution >= 0.6 is 11.6 Å². The summed E-state index contributed by atoms with van der Waals surface area (Å²) in [5.74, 6) is 1.54. The molecule has 0 spiro atoms. The van der Waals surface area contributed by atoms with Crippen LogP contribution in [-0.4, -0.2) is 18.4 Å². The van der Waals surface area contributed by atoms with Crippen molar-refractivity contribution in [2.24, 2.45) is 0 Å². The minimum atomic E-state index is 0.122. The molecule has 0 N–H and O–H groups in total. The molecule has 0 unspecified atom stereocenters. The minimum absolute atomic E-state index is 0.122. The van der Waals surface area contributed by atoms with Gasteiger partial charge in [0.15, 0.2) is 6.29 Å². The van der Waals surface area contributed by atoms with Crippen molar-refractivity contribution in [2.45, 2.75) is 40.3 Å². The summed E-state index contributed by atoms with van der Waals surface area (Å²) in [4.78, 5) is 15.8. The van der Waals surface area contributed by atoms with E-state index in [1.165, 1.54) is 12.3 Å². The van der Waals surface area contributed by atoms with Gasteiger partial charge in [0, 0.05) is 24.0 Å². The largest absolute Gasteiger partial charge is 0.497 e. The zero-order valence-corrected chi connectivity index (χ0v) is 26.6. The summed E-state index contributed by atoms with van der Waals surface area (Å²) in [7, 11) is 1.65. The van der Waals surface area contributed by atoms with Crippen molar-refractivity contribution in [2.75, 3.05) is 7.11 Å². The molecule has 0 aliphatic heterocycles. The Morgan fingerprint density at radius 3 is 2.11 bits per heavy atom. The number of nitrogens with zero attached hydrogens (tertiary/aromatic N) is 2. The molecule has 0 saturated heterocycles. The van der Waals surface area contributed by atoms with Gasteiger partial charge in [-0.05, 0) is 77.1 Å². The molecular weight excluding hydrogens is 600 g/mol. The fraction of sp³-hybridized carbons (Fsp3) is 0.184.